The number of aliphatic imine (C=N–C) groups is 1. The number of benzene rings is 1. The van der Waals surface area contributed by atoms with Crippen LogP contribution in [0.5, 0.6) is 5.75 Å². The zero-order chi connectivity index (χ0) is 15.5. The number of nitrogens with one attached hydrogen (secondary N) is 2. The number of nitrogens with zero attached hydrogens (tertiary/aromatic N) is 2. The SMILES string of the molecule is CCNC(=NCc1ccccn1)NCCOc1ccccc1.I. The summed E-state index contributed by atoms with van der Waals surface area (Å²) in [5.41, 5.74) is 0.945. The van der Waals surface area contributed by atoms with E-state index in [1.807, 2.05) is 55.5 Å². The van der Waals surface area contributed by atoms with Crippen LogP contribution in [0.25, 0.3) is 0 Å². The molecule has 0 saturated carbocycles. The van der Waals surface area contributed by atoms with E-state index in [9.17, 15) is 0 Å². The van der Waals surface area contributed by atoms with Crippen molar-refractivity contribution < 1.29 is 4.74 Å². The summed E-state index contributed by atoms with van der Waals surface area (Å²) in [6, 6.07) is 15.6. The molecular formula is C17H23IN4O. The predicted octanol–water partition coefficient (Wildman–Crippen LogP) is 2.83. The van der Waals surface area contributed by atoms with Crippen LogP contribution in [0.15, 0.2) is 59.7 Å². The Morgan fingerprint density at radius 3 is 2.57 bits per heavy atom. The summed E-state index contributed by atoms with van der Waals surface area (Å²) in [4.78, 5) is 8.76. The van der Waals surface area contributed by atoms with Gasteiger partial charge in [0.15, 0.2) is 5.96 Å². The van der Waals surface area contributed by atoms with Gasteiger partial charge in [0.25, 0.3) is 0 Å². The Bertz CT molecular complexity index is 563. The molecule has 1 heterocycles. The van der Waals surface area contributed by atoms with Crippen molar-refractivity contribution in [1.82, 2.24) is 15.6 Å². The Morgan fingerprint density at radius 2 is 1.87 bits per heavy atom. The maximum atomic E-state index is 5.64. The van der Waals surface area contributed by atoms with Crippen molar-refractivity contribution in [2.24, 2.45) is 4.99 Å². The van der Waals surface area contributed by atoms with Crippen LogP contribution < -0.4 is 15.4 Å². The minimum Gasteiger partial charge on any atom is -0.492 e. The summed E-state index contributed by atoms with van der Waals surface area (Å²) in [7, 11) is 0. The van der Waals surface area contributed by atoms with Crippen molar-refractivity contribution in [3.05, 3.63) is 60.4 Å². The van der Waals surface area contributed by atoms with E-state index in [1.165, 1.54) is 0 Å². The average Bonchev–Trinajstić information content (AvgIpc) is 2.58. The number of aromatic nitrogens is 1. The van der Waals surface area contributed by atoms with Gasteiger partial charge in [0, 0.05) is 12.7 Å². The van der Waals surface area contributed by atoms with E-state index in [1.54, 1.807) is 6.20 Å². The predicted molar refractivity (Wildman–Crippen MR) is 104 cm³/mol. The van der Waals surface area contributed by atoms with Gasteiger partial charge in [-0.2, -0.15) is 0 Å². The lowest BCUT2D eigenvalue weighted by molar-refractivity contribution is 0.322. The molecular weight excluding hydrogens is 403 g/mol. The molecule has 0 aliphatic carbocycles. The van der Waals surface area contributed by atoms with Crippen LogP contribution in [-0.2, 0) is 6.54 Å². The van der Waals surface area contributed by atoms with E-state index in [0.29, 0.717) is 19.7 Å². The molecule has 2 rings (SSSR count). The molecule has 124 valence electrons. The quantitative estimate of drug-likeness (QED) is 0.310. The van der Waals surface area contributed by atoms with Crippen molar-refractivity contribution >= 4 is 29.9 Å². The first-order valence-corrected chi connectivity index (χ1v) is 7.48. The second kappa shape index (κ2) is 11.7. The maximum Gasteiger partial charge on any atom is 0.191 e. The van der Waals surface area contributed by atoms with Crippen LogP contribution in [0.2, 0.25) is 0 Å². The van der Waals surface area contributed by atoms with Crippen molar-refractivity contribution in [3.8, 4) is 5.75 Å². The van der Waals surface area contributed by atoms with Gasteiger partial charge in [-0.1, -0.05) is 24.3 Å². The van der Waals surface area contributed by atoms with Crippen LogP contribution in [-0.4, -0.2) is 30.6 Å². The summed E-state index contributed by atoms with van der Waals surface area (Å²) < 4.78 is 5.64. The molecule has 2 N–H and O–H groups in total. The molecule has 23 heavy (non-hydrogen) atoms. The normalized spacial score (nSPS) is 10.6. The number of guanidine groups is 1. The molecule has 5 nitrogen and oxygen atoms in total. The minimum absolute atomic E-state index is 0. The molecule has 0 amide bonds. The summed E-state index contributed by atoms with van der Waals surface area (Å²) in [6.45, 7) is 4.67. The molecule has 1 aromatic heterocycles. The lowest BCUT2D eigenvalue weighted by Crippen LogP contribution is -2.39. The van der Waals surface area contributed by atoms with Crippen molar-refractivity contribution in [1.29, 1.82) is 0 Å². The molecule has 0 bridgehead atoms. The van der Waals surface area contributed by atoms with Gasteiger partial charge in [-0.05, 0) is 31.2 Å². The molecule has 2 aromatic rings. The van der Waals surface area contributed by atoms with E-state index in [4.69, 9.17) is 4.74 Å². The highest BCUT2D eigenvalue weighted by Gasteiger charge is 1.98. The highest BCUT2D eigenvalue weighted by atomic mass is 127. The lowest BCUT2D eigenvalue weighted by atomic mass is 10.3. The van der Waals surface area contributed by atoms with Crippen molar-refractivity contribution in [3.63, 3.8) is 0 Å². The fourth-order valence-electron chi connectivity index (χ4n) is 1.85. The zero-order valence-electron chi connectivity index (χ0n) is 13.2. The molecule has 0 saturated heterocycles. The molecule has 0 radical (unpaired) electrons. The first-order valence-electron chi connectivity index (χ1n) is 7.48. The van der Waals surface area contributed by atoms with E-state index >= 15 is 0 Å². The number of para-hydroxylation sites is 1. The third kappa shape index (κ3) is 7.83. The summed E-state index contributed by atoms with van der Waals surface area (Å²) in [5, 5.41) is 6.45. The van der Waals surface area contributed by atoms with Crippen LogP contribution in [0, 0.1) is 0 Å². The first-order chi connectivity index (χ1) is 10.9. The minimum atomic E-state index is 0. The maximum absolute atomic E-state index is 5.64. The lowest BCUT2D eigenvalue weighted by Gasteiger charge is -2.12. The number of hydrogen-bond acceptors (Lipinski definition) is 3. The third-order valence-electron chi connectivity index (χ3n) is 2.88. The highest BCUT2D eigenvalue weighted by Crippen LogP contribution is 2.07. The van der Waals surface area contributed by atoms with E-state index in [0.717, 1.165) is 23.9 Å². The van der Waals surface area contributed by atoms with Crippen LogP contribution in [0.3, 0.4) is 0 Å². The largest absolute Gasteiger partial charge is 0.492 e. The van der Waals surface area contributed by atoms with Gasteiger partial charge in [0.1, 0.15) is 12.4 Å². The highest BCUT2D eigenvalue weighted by molar-refractivity contribution is 14.0. The third-order valence-corrected chi connectivity index (χ3v) is 2.88. The number of hydrogen-bond donors (Lipinski definition) is 2. The molecule has 0 aliphatic heterocycles. The summed E-state index contributed by atoms with van der Waals surface area (Å²) in [5.74, 6) is 1.64. The number of halogens is 1. The molecule has 6 heteroatoms. The van der Waals surface area contributed by atoms with Gasteiger partial charge in [0.05, 0.1) is 18.8 Å². The number of rotatable bonds is 7. The van der Waals surface area contributed by atoms with Gasteiger partial charge in [-0.15, -0.1) is 24.0 Å². The molecule has 0 atom stereocenters. The fraction of sp³-hybridized carbons (Fsp3) is 0.294. The number of ether oxygens (including phenoxy) is 1. The van der Waals surface area contributed by atoms with Crippen molar-refractivity contribution in [2.45, 2.75) is 13.5 Å². The zero-order valence-corrected chi connectivity index (χ0v) is 15.6. The van der Waals surface area contributed by atoms with E-state index in [2.05, 4.69) is 20.6 Å². The average molecular weight is 426 g/mol. The van der Waals surface area contributed by atoms with Gasteiger partial charge in [-0.25, -0.2) is 4.99 Å². The molecule has 0 unspecified atom stereocenters. The molecule has 0 spiro atoms. The van der Waals surface area contributed by atoms with Gasteiger partial charge in [0.2, 0.25) is 0 Å². The van der Waals surface area contributed by atoms with Gasteiger partial charge >= 0.3 is 0 Å². The number of pyridine rings is 1. The topological polar surface area (TPSA) is 58.5 Å². The van der Waals surface area contributed by atoms with Crippen LogP contribution >= 0.6 is 24.0 Å². The molecule has 0 fully saturated rings. The standard InChI is InChI=1S/C17H22N4O.HI/c1-2-18-17(21-14-15-8-6-7-11-19-15)20-12-13-22-16-9-4-3-5-10-16;/h3-11H,2,12-14H2,1H3,(H2,18,20,21);1H. The summed E-state index contributed by atoms with van der Waals surface area (Å²) >= 11 is 0. The second-order valence-electron chi connectivity index (χ2n) is 4.60. The molecule has 1 aromatic carbocycles. The van der Waals surface area contributed by atoms with Crippen LogP contribution in [0.4, 0.5) is 0 Å². The smallest absolute Gasteiger partial charge is 0.191 e. The van der Waals surface area contributed by atoms with Gasteiger partial charge < -0.3 is 15.4 Å². The first kappa shape index (κ1) is 19.2. The van der Waals surface area contributed by atoms with Crippen LogP contribution in [0.1, 0.15) is 12.6 Å². The van der Waals surface area contributed by atoms with E-state index < -0.39 is 0 Å². The summed E-state index contributed by atoms with van der Waals surface area (Å²) in [6.07, 6.45) is 1.78. The Balaban J connectivity index is 0.00000264. The molecule has 0 aliphatic rings. The Labute approximate surface area is 154 Å². The monoisotopic (exact) mass is 426 g/mol. The second-order valence-corrected chi connectivity index (χ2v) is 4.60. The Hall–Kier alpha value is -1.83. The van der Waals surface area contributed by atoms with E-state index in [-0.39, 0.29) is 24.0 Å². The van der Waals surface area contributed by atoms with Gasteiger partial charge in [-0.3, -0.25) is 4.98 Å². The Kier molecular flexibility index (Phi) is 9.78. The van der Waals surface area contributed by atoms with Crippen molar-refractivity contribution in [2.75, 3.05) is 19.7 Å². The Morgan fingerprint density at radius 1 is 1.09 bits per heavy atom. The fourth-order valence-corrected chi connectivity index (χ4v) is 1.85.